The SMILES string of the molecule is C[C@H](Oc1ccc2c(c1)n1ncc(I)c1n[n+]2[O-])c1ccccc1. The second-order valence-corrected chi connectivity index (χ2v) is 6.58. The third-order valence-electron chi connectivity index (χ3n) is 3.85. The number of nitrogens with zero attached hydrogens (tertiary/aromatic N) is 4. The number of rotatable bonds is 3. The van der Waals surface area contributed by atoms with Crippen molar-refractivity contribution in [2.45, 2.75) is 13.0 Å². The topological polar surface area (TPSA) is 66.4 Å². The third kappa shape index (κ3) is 2.54. The van der Waals surface area contributed by atoms with E-state index in [1.807, 2.05) is 43.3 Å². The minimum Gasteiger partial charge on any atom is -0.594 e. The number of fused-ring (bicyclic) bond motifs is 3. The summed E-state index contributed by atoms with van der Waals surface area (Å²) in [5.41, 5.74) is 2.73. The predicted molar refractivity (Wildman–Crippen MR) is 97.7 cm³/mol. The molecular formula is C17H13IN4O2. The first-order chi connectivity index (χ1) is 11.6. The summed E-state index contributed by atoms with van der Waals surface area (Å²) in [6, 6.07) is 15.3. The first-order valence-electron chi connectivity index (χ1n) is 7.42. The molecule has 0 bridgehead atoms. The van der Waals surface area contributed by atoms with Crippen molar-refractivity contribution in [3.63, 3.8) is 0 Å². The molecule has 2 aromatic heterocycles. The molecule has 0 aliphatic heterocycles. The van der Waals surface area contributed by atoms with E-state index in [-0.39, 0.29) is 6.10 Å². The molecule has 7 heteroatoms. The van der Waals surface area contributed by atoms with Crippen LogP contribution in [0.25, 0.3) is 16.7 Å². The first-order valence-corrected chi connectivity index (χ1v) is 8.50. The van der Waals surface area contributed by atoms with Gasteiger partial charge in [0.15, 0.2) is 0 Å². The van der Waals surface area contributed by atoms with Gasteiger partial charge in [0.2, 0.25) is 5.65 Å². The van der Waals surface area contributed by atoms with E-state index < -0.39 is 0 Å². The van der Waals surface area contributed by atoms with Crippen LogP contribution in [0.2, 0.25) is 0 Å². The van der Waals surface area contributed by atoms with Gasteiger partial charge in [-0.2, -0.15) is 5.10 Å². The molecule has 0 aliphatic rings. The van der Waals surface area contributed by atoms with Crippen molar-refractivity contribution >= 4 is 39.3 Å². The maximum atomic E-state index is 12.1. The van der Waals surface area contributed by atoms with E-state index in [2.05, 4.69) is 32.8 Å². The number of ether oxygens (including phenoxy) is 1. The van der Waals surface area contributed by atoms with Crippen LogP contribution in [0.15, 0.2) is 54.7 Å². The van der Waals surface area contributed by atoms with Gasteiger partial charge in [-0.15, -0.1) is 0 Å². The zero-order valence-electron chi connectivity index (χ0n) is 12.8. The molecular weight excluding hydrogens is 419 g/mol. The second kappa shape index (κ2) is 5.90. The van der Waals surface area contributed by atoms with Crippen molar-refractivity contribution in [3.05, 3.63) is 69.1 Å². The van der Waals surface area contributed by atoms with E-state index in [0.29, 0.717) is 27.3 Å². The summed E-state index contributed by atoms with van der Waals surface area (Å²) in [5.74, 6) is 0.678. The van der Waals surface area contributed by atoms with Crippen LogP contribution in [0.1, 0.15) is 18.6 Å². The lowest BCUT2D eigenvalue weighted by Crippen LogP contribution is -2.33. The number of hydrogen-bond donors (Lipinski definition) is 0. The average molecular weight is 432 g/mol. The largest absolute Gasteiger partial charge is 0.594 e. The molecule has 0 N–H and O–H groups in total. The van der Waals surface area contributed by atoms with Gasteiger partial charge in [0.25, 0.3) is 5.52 Å². The van der Waals surface area contributed by atoms with Crippen molar-refractivity contribution in [2.24, 2.45) is 0 Å². The van der Waals surface area contributed by atoms with Crippen LogP contribution in [-0.2, 0) is 0 Å². The fourth-order valence-electron chi connectivity index (χ4n) is 2.63. The smallest absolute Gasteiger partial charge is 0.270 e. The normalized spacial score (nSPS) is 12.6. The number of hydrogen-bond acceptors (Lipinski definition) is 4. The van der Waals surface area contributed by atoms with Gasteiger partial charge in [-0.05, 0) is 46.0 Å². The van der Waals surface area contributed by atoms with E-state index in [9.17, 15) is 5.21 Å². The molecule has 0 spiro atoms. The summed E-state index contributed by atoms with van der Waals surface area (Å²) in [4.78, 5) is 0.624. The average Bonchev–Trinajstić information content (AvgIpc) is 2.97. The highest BCUT2D eigenvalue weighted by Gasteiger charge is 2.16. The maximum absolute atomic E-state index is 12.1. The zero-order chi connectivity index (χ0) is 16.7. The molecule has 0 aliphatic carbocycles. The van der Waals surface area contributed by atoms with E-state index in [4.69, 9.17) is 4.74 Å². The van der Waals surface area contributed by atoms with Crippen molar-refractivity contribution in [2.75, 3.05) is 0 Å². The van der Waals surface area contributed by atoms with Crippen LogP contribution in [0.5, 0.6) is 5.75 Å². The van der Waals surface area contributed by atoms with Gasteiger partial charge in [0, 0.05) is 17.2 Å². The van der Waals surface area contributed by atoms with Crippen LogP contribution in [-0.4, -0.2) is 14.7 Å². The molecule has 4 aromatic rings. The molecule has 1 atom stereocenters. The van der Waals surface area contributed by atoms with Crippen LogP contribution in [0.3, 0.4) is 0 Å². The molecule has 4 rings (SSSR count). The van der Waals surface area contributed by atoms with Gasteiger partial charge in [0.05, 0.1) is 9.77 Å². The fraction of sp³-hybridized carbons (Fsp3) is 0.118. The summed E-state index contributed by atoms with van der Waals surface area (Å²) < 4.78 is 8.51. The molecule has 0 saturated carbocycles. The number of aromatic nitrogens is 4. The monoisotopic (exact) mass is 432 g/mol. The van der Waals surface area contributed by atoms with Crippen LogP contribution in [0, 0.1) is 8.78 Å². The number of halogens is 1. The van der Waals surface area contributed by atoms with Gasteiger partial charge >= 0.3 is 0 Å². The Labute approximate surface area is 151 Å². The Morgan fingerprint density at radius 3 is 2.79 bits per heavy atom. The third-order valence-corrected chi connectivity index (χ3v) is 4.61. The number of benzene rings is 2. The Balaban J connectivity index is 1.79. The molecule has 0 amide bonds. The summed E-state index contributed by atoms with van der Waals surface area (Å²) >= 11 is 2.11. The molecule has 2 heterocycles. The summed E-state index contributed by atoms with van der Waals surface area (Å²) in [6.45, 7) is 1.99. The molecule has 2 aromatic carbocycles. The van der Waals surface area contributed by atoms with Crippen molar-refractivity contribution in [3.8, 4) is 5.75 Å². The van der Waals surface area contributed by atoms with Gasteiger partial charge in [-0.1, -0.05) is 30.3 Å². The van der Waals surface area contributed by atoms with Gasteiger partial charge in [0.1, 0.15) is 17.4 Å². The Morgan fingerprint density at radius 1 is 1.21 bits per heavy atom. The van der Waals surface area contributed by atoms with Gasteiger partial charge in [-0.25, -0.2) is 4.52 Å². The highest BCUT2D eigenvalue weighted by molar-refractivity contribution is 14.1. The lowest BCUT2D eigenvalue weighted by Gasteiger charge is -2.15. The van der Waals surface area contributed by atoms with Gasteiger partial charge < -0.3 is 9.94 Å². The van der Waals surface area contributed by atoms with Crippen LogP contribution < -0.4 is 9.58 Å². The second-order valence-electron chi connectivity index (χ2n) is 5.42. The molecule has 0 radical (unpaired) electrons. The molecule has 6 nitrogen and oxygen atoms in total. The maximum Gasteiger partial charge on any atom is 0.270 e. The summed E-state index contributed by atoms with van der Waals surface area (Å²) in [5, 5.41) is 20.4. The van der Waals surface area contributed by atoms with Crippen molar-refractivity contribution in [1.82, 2.24) is 14.7 Å². The van der Waals surface area contributed by atoms with E-state index in [1.54, 1.807) is 22.8 Å². The van der Waals surface area contributed by atoms with E-state index in [1.165, 1.54) is 0 Å². The first kappa shape index (κ1) is 15.1. The molecule has 0 fully saturated rings. The van der Waals surface area contributed by atoms with Crippen LogP contribution in [0.4, 0.5) is 0 Å². The predicted octanol–water partition coefficient (Wildman–Crippen LogP) is 3.26. The zero-order valence-corrected chi connectivity index (χ0v) is 14.9. The lowest BCUT2D eigenvalue weighted by atomic mass is 10.1. The summed E-state index contributed by atoms with van der Waals surface area (Å²) in [7, 11) is 0. The standard InChI is InChI=1S/C17H13IN4O2/c1-11(12-5-3-2-4-6-12)24-13-7-8-15-16(9-13)21-17(20-22(15)23)14(18)10-19-21/h2-11H,1H3/t11-/m0/s1. The minimum absolute atomic E-state index is 0.0990. The Kier molecular flexibility index (Phi) is 3.72. The van der Waals surface area contributed by atoms with E-state index >= 15 is 0 Å². The Hall–Kier alpha value is -2.42. The highest BCUT2D eigenvalue weighted by atomic mass is 127. The highest BCUT2D eigenvalue weighted by Crippen LogP contribution is 2.25. The van der Waals surface area contributed by atoms with Crippen molar-refractivity contribution in [1.29, 1.82) is 0 Å². The molecule has 24 heavy (non-hydrogen) atoms. The fourth-order valence-corrected chi connectivity index (χ4v) is 3.09. The Morgan fingerprint density at radius 2 is 2.00 bits per heavy atom. The quantitative estimate of drug-likeness (QED) is 0.283. The van der Waals surface area contributed by atoms with Gasteiger partial charge in [-0.3, -0.25) is 0 Å². The Bertz CT molecular complexity index is 1030. The van der Waals surface area contributed by atoms with E-state index in [0.717, 1.165) is 9.13 Å². The van der Waals surface area contributed by atoms with Crippen LogP contribution >= 0.6 is 22.6 Å². The van der Waals surface area contributed by atoms with Crippen molar-refractivity contribution < 1.29 is 9.58 Å². The molecule has 120 valence electrons. The molecule has 0 unspecified atom stereocenters. The minimum atomic E-state index is -0.0990. The summed E-state index contributed by atoms with van der Waals surface area (Å²) in [6.07, 6.45) is 1.58. The molecule has 0 saturated heterocycles. The lowest BCUT2D eigenvalue weighted by molar-refractivity contribution is -0.640.